The minimum Gasteiger partial charge on any atom is -0.455 e. The third kappa shape index (κ3) is 3.51. The van der Waals surface area contributed by atoms with Crippen molar-refractivity contribution in [2.75, 3.05) is 0 Å². The lowest BCUT2D eigenvalue weighted by Gasteiger charge is -2.26. The standard InChI is InChI=1S/C49H32O/c1-27-31-14-8-10-19-37(31)47-34(27)21-12-22-40(47)45-28(2)32-15-6-7-16-33(32)29(3)46(45)48-38-20-11-9-18-36(38)41-25-42-39-24-23-30-13-4-5-17-35(30)49(39)50-44(42)26-43(41)48/h4-26,48H,1H2,2-3H3. The number of aryl methyl sites for hydroxylation is 2. The summed E-state index contributed by atoms with van der Waals surface area (Å²) in [6, 6.07) is 51.2. The van der Waals surface area contributed by atoms with Crippen LogP contribution in [-0.4, -0.2) is 0 Å². The van der Waals surface area contributed by atoms with Crippen LogP contribution in [0.25, 0.3) is 82.4 Å². The van der Waals surface area contributed by atoms with Crippen LogP contribution in [0.4, 0.5) is 0 Å². The molecule has 234 valence electrons. The Balaban J connectivity index is 1.26. The van der Waals surface area contributed by atoms with Crippen LogP contribution in [-0.2, 0) is 0 Å². The molecule has 1 unspecified atom stereocenters. The van der Waals surface area contributed by atoms with E-state index in [9.17, 15) is 0 Å². The van der Waals surface area contributed by atoms with E-state index in [1.165, 1.54) is 99.3 Å². The van der Waals surface area contributed by atoms with Gasteiger partial charge in [-0.2, -0.15) is 0 Å². The van der Waals surface area contributed by atoms with Crippen molar-refractivity contribution in [2.45, 2.75) is 19.8 Å². The van der Waals surface area contributed by atoms with Crippen molar-refractivity contribution in [3.63, 3.8) is 0 Å². The number of furan rings is 1. The van der Waals surface area contributed by atoms with Crippen LogP contribution >= 0.6 is 0 Å². The SMILES string of the molecule is C=C1c2ccccc2-c2c1cccc2-c1c(C2c3ccccc3-c3cc4c(cc32)oc2c3ccccc3ccc42)c(C)c2ccccc2c1C. The van der Waals surface area contributed by atoms with E-state index in [4.69, 9.17) is 4.42 Å². The van der Waals surface area contributed by atoms with Gasteiger partial charge in [-0.25, -0.2) is 0 Å². The van der Waals surface area contributed by atoms with Crippen LogP contribution in [0.15, 0.2) is 151 Å². The zero-order chi connectivity index (χ0) is 33.2. The molecule has 0 saturated carbocycles. The van der Waals surface area contributed by atoms with Crippen LogP contribution in [0.2, 0.25) is 0 Å². The van der Waals surface area contributed by atoms with Crippen molar-refractivity contribution < 1.29 is 4.42 Å². The molecule has 9 aromatic rings. The van der Waals surface area contributed by atoms with Gasteiger partial charge in [0.2, 0.25) is 0 Å². The molecule has 8 aromatic carbocycles. The molecule has 2 aliphatic carbocycles. The fourth-order valence-electron chi connectivity index (χ4n) is 9.44. The van der Waals surface area contributed by atoms with Gasteiger partial charge in [-0.1, -0.05) is 128 Å². The largest absolute Gasteiger partial charge is 0.455 e. The van der Waals surface area contributed by atoms with Crippen LogP contribution < -0.4 is 0 Å². The lowest BCUT2D eigenvalue weighted by atomic mass is 9.76. The predicted molar refractivity (Wildman–Crippen MR) is 210 cm³/mol. The van der Waals surface area contributed by atoms with Gasteiger partial charge in [0.25, 0.3) is 0 Å². The molecular weight excluding hydrogens is 605 g/mol. The highest BCUT2D eigenvalue weighted by atomic mass is 16.3. The zero-order valence-electron chi connectivity index (χ0n) is 28.0. The Hall–Kier alpha value is -6.18. The summed E-state index contributed by atoms with van der Waals surface area (Å²) in [5.41, 5.74) is 19.9. The Kier molecular flexibility index (Phi) is 5.51. The van der Waals surface area contributed by atoms with E-state index >= 15 is 0 Å². The molecular formula is C49H32O. The quantitative estimate of drug-likeness (QED) is 0.184. The molecule has 11 rings (SSSR count). The smallest absolute Gasteiger partial charge is 0.143 e. The van der Waals surface area contributed by atoms with Crippen LogP contribution in [0.1, 0.15) is 44.9 Å². The maximum absolute atomic E-state index is 6.81. The highest BCUT2D eigenvalue weighted by molar-refractivity contribution is 6.16. The maximum Gasteiger partial charge on any atom is 0.143 e. The minimum absolute atomic E-state index is 0.0320. The van der Waals surface area contributed by atoms with E-state index < -0.39 is 0 Å². The van der Waals surface area contributed by atoms with E-state index in [1.54, 1.807) is 0 Å². The van der Waals surface area contributed by atoms with E-state index in [0.29, 0.717) is 0 Å². The second-order valence-electron chi connectivity index (χ2n) is 14.1. The molecule has 2 aliphatic rings. The first-order valence-electron chi connectivity index (χ1n) is 17.5. The number of fused-ring (bicyclic) bond motifs is 12. The summed E-state index contributed by atoms with van der Waals surface area (Å²) in [4.78, 5) is 0. The Morgan fingerprint density at radius 2 is 1.12 bits per heavy atom. The highest BCUT2D eigenvalue weighted by Crippen LogP contribution is 2.56. The molecule has 0 fully saturated rings. The first-order valence-corrected chi connectivity index (χ1v) is 17.5. The Labute approximate surface area is 290 Å². The zero-order valence-corrected chi connectivity index (χ0v) is 28.0. The van der Waals surface area contributed by atoms with Crippen molar-refractivity contribution >= 4 is 49.1 Å². The van der Waals surface area contributed by atoms with Gasteiger partial charge in [-0.05, 0) is 126 Å². The Bertz CT molecular complexity index is 2970. The average Bonchev–Trinajstić information content (AvgIpc) is 3.79. The number of benzene rings is 8. The molecule has 0 N–H and O–H groups in total. The molecule has 1 atom stereocenters. The normalized spacial score (nSPS) is 14.4. The summed E-state index contributed by atoms with van der Waals surface area (Å²) in [5, 5.41) is 7.30. The summed E-state index contributed by atoms with van der Waals surface area (Å²) >= 11 is 0. The Morgan fingerprint density at radius 3 is 1.96 bits per heavy atom. The lowest BCUT2D eigenvalue weighted by Crippen LogP contribution is -2.07. The third-order valence-corrected chi connectivity index (χ3v) is 11.7. The molecule has 0 radical (unpaired) electrons. The third-order valence-electron chi connectivity index (χ3n) is 11.7. The van der Waals surface area contributed by atoms with E-state index in [2.05, 4.69) is 160 Å². The van der Waals surface area contributed by atoms with Crippen molar-refractivity contribution in [2.24, 2.45) is 0 Å². The van der Waals surface area contributed by atoms with Crippen molar-refractivity contribution in [1.82, 2.24) is 0 Å². The second kappa shape index (κ2) is 9.94. The molecule has 1 nitrogen and oxygen atoms in total. The maximum atomic E-state index is 6.81. The van der Waals surface area contributed by atoms with Crippen molar-refractivity contribution in [1.29, 1.82) is 0 Å². The summed E-state index contributed by atoms with van der Waals surface area (Å²) in [7, 11) is 0. The first-order chi connectivity index (χ1) is 24.6. The van der Waals surface area contributed by atoms with Crippen LogP contribution in [0.3, 0.4) is 0 Å². The van der Waals surface area contributed by atoms with Crippen LogP contribution in [0.5, 0.6) is 0 Å². The van der Waals surface area contributed by atoms with Gasteiger partial charge in [0.15, 0.2) is 0 Å². The minimum atomic E-state index is 0.0320. The fourth-order valence-corrected chi connectivity index (χ4v) is 9.44. The van der Waals surface area contributed by atoms with Gasteiger partial charge in [0, 0.05) is 22.1 Å². The summed E-state index contributed by atoms with van der Waals surface area (Å²) < 4.78 is 6.81. The molecule has 1 heteroatoms. The predicted octanol–water partition coefficient (Wildman–Crippen LogP) is 13.4. The van der Waals surface area contributed by atoms with Crippen molar-refractivity contribution in [3.05, 3.63) is 185 Å². The number of hydrogen-bond acceptors (Lipinski definition) is 1. The number of rotatable bonds is 2. The van der Waals surface area contributed by atoms with Gasteiger partial charge in [-0.15, -0.1) is 0 Å². The number of hydrogen-bond donors (Lipinski definition) is 0. The van der Waals surface area contributed by atoms with E-state index in [0.717, 1.165) is 22.1 Å². The van der Waals surface area contributed by atoms with Gasteiger partial charge in [0.1, 0.15) is 11.2 Å². The van der Waals surface area contributed by atoms with E-state index in [1.807, 2.05) is 0 Å². The van der Waals surface area contributed by atoms with E-state index in [-0.39, 0.29) is 5.92 Å². The molecule has 0 saturated heterocycles. The molecule has 50 heavy (non-hydrogen) atoms. The Morgan fingerprint density at radius 1 is 0.460 bits per heavy atom. The topological polar surface area (TPSA) is 13.1 Å². The summed E-state index contributed by atoms with van der Waals surface area (Å²) in [6.07, 6.45) is 0. The second-order valence-corrected chi connectivity index (χ2v) is 14.1. The highest BCUT2D eigenvalue weighted by Gasteiger charge is 2.36. The van der Waals surface area contributed by atoms with Gasteiger partial charge in [-0.3, -0.25) is 0 Å². The molecule has 0 bridgehead atoms. The molecule has 0 spiro atoms. The first kappa shape index (κ1) is 27.7. The fraction of sp³-hybridized carbons (Fsp3) is 0.0612. The molecule has 1 aromatic heterocycles. The van der Waals surface area contributed by atoms with Crippen molar-refractivity contribution in [3.8, 4) is 33.4 Å². The molecule has 0 aliphatic heterocycles. The summed E-state index contributed by atoms with van der Waals surface area (Å²) in [5.74, 6) is 0.0320. The molecule has 1 heterocycles. The average molecular weight is 637 g/mol. The van der Waals surface area contributed by atoms with Crippen LogP contribution in [0, 0.1) is 13.8 Å². The monoisotopic (exact) mass is 636 g/mol. The van der Waals surface area contributed by atoms with Gasteiger partial charge >= 0.3 is 0 Å². The van der Waals surface area contributed by atoms with Gasteiger partial charge in [0.05, 0.1) is 0 Å². The molecule has 0 amide bonds. The van der Waals surface area contributed by atoms with Gasteiger partial charge < -0.3 is 4.42 Å². The summed E-state index contributed by atoms with van der Waals surface area (Å²) in [6.45, 7) is 9.24. The lowest BCUT2D eigenvalue weighted by molar-refractivity contribution is 0.672.